The number of aldehydes is 1. The monoisotopic (exact) mass is 489 g/mol. The number of aryl methyl sites for hydroxylation is 1. The Hall–Kier alpha value is -3.88. The largest absolute Gasteiger partial charge is 0.497 e. The Bertz CT molecular complexity index is 1280. The van der Waals surface area contributed by atoms with Crippen LogP contribution in [0.4, 0.5) is 16.3 Å². The molecule has 1 aromatic heterocycles. The molecular formula is C27H31N5O4. The Labute approximate surface area is 210 Å². The van der Waals surface area contributed by atoms with Crippen LogP contribution in [0.2, 0.25) is 0 Å². The molecule has 0 spiro atoms. The van der Waals surface area contributed by atoms with E-state index in [9.17, 15) is 14.4 Å². The van der Waals surface area contributed by atoms with Crippen LogP contribution >= 0.6 is 0 Å². The highest BCUT2D eigenvalue weighted by Crippen LogP contribution is 2.33. The van der Waals surface area contributed by atoms with Gasteiger partial charge in [0.1, 0.15) is 12.0 Å². The average molecular weight is 490 g/mol. The zero-order valence-corrected chi connectivity index (χ0v) is 20.7. The van der Waals surface area contributed by atoms with Crippen molar-refractivity contribution in [1.82, 2.24) is 14.7 Å². The first-order valence-corrected chi connectivity index (χ1v) is 12.4. The maximum atomic E-state index is 13.4. The highest BCUT2D eigenvalue weighted by molar-refractivity contribution is 6.09. The fourth-order valence-electron chi connectivity index (χ4n) is 5.14. The number of imide groups is 1. The number of aromatic nitrogens is 2. The number of fused-ring (bicyclic) bond motifs is 1. The van der Waals surface area contributed by atoms with Gasteiger partial charge < -0.3 is 14.4 Å². The second-order valence-corrected chi connectivity index (χ2v) is 9.49. The van der Waals surface area contributed by atoms with Crippen LogP contribution in [-0.2, 0) is 23.2 Å². The third-order valence-electron chi connectivity index (χ3n) is 7.29. The summed E-state index contributed by atoms with van der Waals surface area (Å²) in [6.07, 6.45) is 3.92. The first-order chi connectivity index (χ1) is 17.5. The quantitative estimate of drug-likeness (QED) is 0.470. The standard InChI is InChI=1S/C27H31N5O4/c1-29-24-17-21(30-13-9-19(10-14-30)12-16-33)5-8-23(24)26(28-29)31-15-11-25(34)32(27(31)35)18-20-3-6-22(36-2)7-4-20/h3-8,16-17,19H,9-15,18H2,1-2H3. The summed E-state index contributed by atoms with van der Waals surface area (Å²) >= 11 is 0. The first kappa shape index (κ1) is 23.8. The molecule has 0 aliphatic carbocycles. The van der Waals surface area contributed by atoms with Gasteiger partial charge in [-0.1, -0.05) is 12.1 Å². The number of hydrogen-bond donors (Lipinski definition) is 0. The van der Waals surface area contributed by atoms with E-state index in [0.29, 0.717) is 24.7 Å². The number of anilines is 2. The molecule has 0 unspecified atom stereocenters. The highest BCUT2D eigenvalue weighted by Gasteiger charge is 2.35. The van der Waals surface area contributed by atoms with Crippen molar-refractivity contribution in [3.8, 4) is 5.75 Å². The van der Waals surface area contributed by atoms with Crippen molar-refractivity contribution in [2.45, 2.75) is 32.2 Å². The van der Waals surface area contributed by atoms with Gasteiger partial charge in [0.05, 0.1) is 19.2 Å². The van der Waals surface area contributed by atoms with Crippen molar-refractivity contribution in [3.63, 3.8) is 0 Å². The van der Waals surface area contributed by atoms with E-state index in [4.69, 9.17) is 4.74 Å². The molecule has 2 saturated heterocycles. The van der Waals surface area contributed by atoms with Crippen LogP contribution in [0.15, 0.2) is 42.5 Å². The summed E-state index contributed by atoms with van der Waals surface area (Å²) in [5, 5.41) is 5.56. The van der Waals surface area contributed by atoms with Gasteiger partial charge in [-0.25, -0.2) is 4.79 Å². The zero-order chi connectivity index (χ0) is 25.2. The van der Waals surface area contributed by atoms with Gasteiger partial charge in [0.25, 0.3) is 0 Å². The summed E-state index contributed by atoms with van der Waals surface area (Å²) in [4.78, 5) is 42.2. The van der Waals surface area contributed by atoms with Gasteiger partial charge in [-0.2, -0.15) is 5.10 Å². The Kier molecular flexibility index (Phi) is 6.63. The third-order valence-corrected chi connectivity index (χ3v) is 7.29. The molecule has 188 valence electrons. The lowest BCUT2D eigenvalue weighted by Crippen LogP contribution is -2.52. The van der Waals surface area contributed by atoms with E-state index in [1.807, 2.05) is 37.4 Å². The molecule has 5 rings (SSSR count). The summed E-state index contributed by atoms with van der Waals surface area (Å²) in [7, 11) is 3.48. The minimum Gasteiger partial charge on any atom is -0.497 e. The van der Waals surface area contributed by atoms with Crippen molar-refractivity contribution in [2.75, 3.05) is 36.5 Å². The molecule has 3 aromatic rings. The van der Waals surface area contributed by atoms with E-state index >= 15 is 0 Å². The van der Waals surface area contributed by atoms with Crippen LogP contribution in [0.1, 0.15) is 31.2 Å². The van der Waals surface area contributed by atoms with Crippen LogP contribution in [-0.4, -0.2) is 59.6 Å². The zero-order valence-electron chi connectivity index (χ0n) is 20.7. The number of carbonyl (C=O) groups is 3. The van der Waals surface area contributed by atoms with Gasteiger partial charge in [-0.3, -0.25) is 19.3 Å². The van der Waals surface area contributed by atoms with Crippen LogP contribution in [0.5, 0.6) is 5.75 Å². The topological polar surface area (TPSA) is 88.0 Å². The number of piperidine rings is 1. The Morgan fingerprint density at radius 2 is 1.81 bits per heavy atom. The van der Waals surface area contributed by atoms with Gasteiger partial charge in [-0.05, 0) is 54.7 Å². The van der Waals surface area contributed by atoms with Gasteiger partial charge in [-0.15, -0.1) is 0 Å². The second kappa shape index (κ2) is 10.0. The molecule has 0 saturated carbocycles. The van der Waals surface area contributed by atoms with Crippen molar-refractivity contribution < 1.29 is 19.1 Å². The van der Waals surface area contributed by atoms with Crippen molar-refractivity contribution in [1.29, 1.82) is 0 Å². The summed E-state index contributed by atoms with van der Waals surface area (Å²) in [6.45, 7) is 2.34. The first-order valence-electron chi connectivity index (χ1n) is 12.4. The predicted molar refractivity (Wildman–Crippen MR) is 137 cm³/mol. The summed E-state index contributed by atoms with van der Waals surface area (Å²) in [5.41, 5.74) is 2.90. The van der Waals surface area contributed by atoms with Crippen molar-refractivity contribution in [2.24, 2.45) is 13.0 Å². The van der Waals surface area contributed by atoms with Crippen LogP contribution in [0.25, 0.3) is 10.9 Å². The number of hydrogen-bond acceptors (Lipinski definition) is 6. The molecule has 0 radical (unpaired) electrons. The van der Waals surface area contributed by atoms with E-state index in [0.717, 1.165) is 60.1 Å². The van der Waals surface area contributed by atoms with Crippen LogP contribution in [0.3, 0.4) is 0 Å². The maximum absolute atomic E-state index is 13.4. The number of rotatable bonds is 7. The normalized spacial score (nSPS) is 17.2. The summed E-state index contributed by atoms with van der Waals surface area (Å²) in [6, 6.07) is 13.2. The molecule has 0 bridgehead atoms. The smallest absolute Gasteiger partial charge is 0.332 e. The van der Waals surface area contributed by atoms with E-state index in [1.54, 1.807) is 16.7 Å². The van der Waals surface area contributed by atoms with Crippen molar-refractivity contribution in [3.05, 3.63) is 48.0 Å². The molecule has 0 N–H and O–H groups in total. The fourth-order valence-corrected chi connectivity index (χ4v) is 5.14. The summed E-state index contributed by atoms with van der Waals surface area (Å²) in [5.74, 6) is 1.58. The lowest BCUT2D eigenvalue weighted by atomic mass is 9.94. The maximum Gasteiger partial charge on any atom is 0.332 e. The molecule has 2 fully saturated rings. The van der Waals surface area contributed by atoms with Gasteiger partial charge >= 0.3 is 6.03 Å². The summed E-state index contributed by atoms with van der Waals surface area (Å²) < 4.78 is 7.00. The van der Waals surface area contributed by atoms with E-state index in [-0.39, 0.29) is 24.9 Å². The molecule has 36 heavy (non-hydrogen) atoms. The number of carbonyl (C=O) groups excluding carboxylic acids is 3. The van der Waals surface area contributed by atoms with Gasteiger partial charge in [0.15, 0.2) is 5.82 Å². The predicted octanol–water partition coefficient (Wildman–Crippen LogP) is 3.75. The Morgan fingerprint density at radius 1 is 1.06 bits per heavy atom. The number of nitrogens with zero attached hydrogens (tertiary/aromatic N) is 5. The molecule has 2 aromatic carbocycles. The molecule has 9 nitrogen and oxygen atoms in total. The molecule has 0 atom stereocenters. The van der Waals surface area contributed by atoms with Crippen LogP contribution in [0, 0.1) is 5.92 Å². The SMILES string of the molecule is COc1ccc(CN2C(=O)CCN(c3nn(C)c4cc(N5CCC(CC=O)CC5)ccc34)C2=O)cc1. The molecule has 9 heteroatoms. The lowest BCUT2D eigenvalue weighted by molar-refractivity contribution is -0.129. The Balaban J connectivity index is 1.37. The Morgan fingerprint density at radius 3 is 2.50 bits per heavy atom. The van der Waals surface area contributed by atoms with E-state index in [2.05, 4.69) is 22.1 Å². The number of amides is 3. The molecule has 3 heterocycles. The minimum atomic E-state index is -0.358. The van der Waals surface area contributed by atoms with Crippen LogP contribution < -0.4 is 14.5 Å². The minimum absolute atomic E-state index is 0.187. The van der Waals surface area contributed by atoms with E-state index < -0.39 is 0 Å². The average Bonchev–Trinajstić information content (AvgIpc) is 3.23. The molecular weight excluding hydrogens is 458 g/mol. The number of methoxy groups -OCH3 is 1. The number of ether oxygens (including phenoxy) is 1. The lowest BCUT2D eigenvalue weighted by Gasteiger charge is -2.33. The highest BCUT2D eigenvalue weighted by atomic mass is 16.5. The number of urea groups is 1. The third kappa shape index (κ3) is 4.53. The van der Waals surface area contributed by atoms with Crippen molar-refractivity contribution >= 4 is 40.6 Å². The van der Waals surface area contributed by atoms with E-state index in [1.165, 1.54) is 4.90 Å². The second-order valence-electron chi connectivity index (χ2n) is 9.49. The molecule has 2 aliphatic heterocycles. The molecule has 3 amide bonds. The molecule has 2 aliphatic rings. The fraction of sp³-hybridized carbons (Fsp3) is 0.407. The van der Waals surface area contributed by atoms with Gasteiger partial charge in [0.2, 0.25) is 5.91 Å². The van der Waals surface area contributed by atoms with Gasteiger partial charge in [0, 0.05) is 50.6 Å². The number of benzene rings is 2.